The first kappa shape index (κ1) is 21.4. The Hall–Kier alpha value is -0.680. The van der Waals surface area contributed by atoms with Crippen LogP contribution >= 0.6 is 39.9 Å². The lowest BCUT2D eigenvalue weighted by atomic mass is 10.2. The number of ether oxygens (including phenoxy) is 2. The van der Waals surface area contributed by atoms with E-state index in [0.29, 0.717) is 24.6 Å². The maximum atomic E-state index is 12.5. The third-order valence-electron chi connectivity index (χ3n) is 3.43. The molecule has 9 heteroatoms. The first-order chi connectivity index (χ1) is 11.1. The highest BCUT2D eigenvalue weighted by Gasteiger charge is 2.16. The fourth-order valence-electron chi connectivity index (χ4n) is 2.31. The molecule has 2 rings (SSSR count). The summed E-state index contributed by atoms with van der Waals surface area (Å²) in [5.41, 5.74) is 0.611. The van der Waals surface area contributed by atoms with Crippen molar-refractivity contribution in [1.82, 2.24) is 10.6 Å². The second-order valence-corrected chi connectivity index (χ2v) is 5.99. The summed E-state index contributed by atoms with van der Waals surface area (Å²) in [6.07, 6.45) is 2.30. The third-order valence-corrected chi connectivity index (χ3v) is 3.92. The average Bonchev–Trinajstić information content (AvgIpc) is 3.03. The molecule has 1 unspecified atom stereocenters. The topological polar surface area (TPSA) is 54.9 Å². The predicted molar refractivity (Wildman–Crippen MR) is 103 cm³/mol. The Kier molecular flexibility index (Phi) is 9.82. The lowest BCUT2D eigenvalue weighted by Crippen LogP contribution is -2.40. The first-order valence-electron chi connectivity index (χ1n) is 7.38. The molecule has 0 aliphatic carbocycles. The molecule has 0 saturated carbocycles. The fourth-order valence-corrected chi connectivity index (χ4v) is 2.72. The van der Waals surface area contributed by atoms with Crippen LogP contribution < -0.4 is 15.4 Å². The van der Waals surface area contributed by atoms with Crippen LogP contribution in [0, 0.1) is 0 Å². The molecular formula is C15H21BrF2IN3O2. The van der Waals surface area contributed by atoms with Crippen LogP contribution in [0.15, 0.2) is 27.7 Å². The Morgan fingerprint density at radius 2 is 2.25 bits per heavy atom. The van der Waals surface area contributed by atoms with Crippen LogP contribution in [-0.2, 0) is 11.3 Å². The molecule has 1 aliphatic rings. The van der Waals surface area contributed by atoms with Crippen LogP contribution in [0.1, 0.15) is 18.4 Å². The van der Waals surface area contributed by atoms with Crippen molar-refractivity contribution in [3.63, 3.8) is 0 Å². The zero-order chi connectivity index (χ0) is 16.7. The number of halogens is 4. The number of nitrogens with zero attached hydrogens (tertiary/aromatic N) is 1. The summed E-state index contributed by atoms with van der Waals surface area (Å²) >= 11 is 3.33. The van der Waals surface area contributed by atoms with Crippen LogP contribution in [0.4, 0.5) is 8.78 Å². The largest absolute Gasteiger partial charge is 0.434 e. The van der Waals surface area contributed by atoms with E-state index in [1.807, 2.05) is 0 Å². The van der Waals surface area contributed by atoms with E-state index in [1.165, 1.54) is 6.07 Å². The minimum atomic E-state index is -2.85. The molecule has 1 fully saturated rings. The predicted octanol–water partition coefficient (Wildman–Crippen LogP) is 3.51. The third kappa shape index (κ3) is 7.06. The standard InChI is InChI=1S/C15H20BrF2N3O2.HI/c1-19-15(21-9-12-3-2-6-22-12)20-8-10-7-11(16)4-5-13(10)23-14(17)18;/h4-5,7,12,14H,2-3,6,8-9H2,1H3,(H2,19,20,21);1H. The second kappa shape index (κ2) is 11.0. The van der Waals surface area contributed by atoms with Gasteiger partial charge in [0.2, 0.25) is 0 Å². The monoisotopic (exact) mass is 519 g/mol. The number of benzene rings is 1. The highest BCUT2D eigenvalue weighted by Crippen LogP contribution is 2.24. The molecule has 5 nitrogen and oxygen atoms in total. The average molecular weight is 520 g/mol. The van der Waals surface area contributed by atoms with Crippen LogP contribution in [0.3, 0.4) is 0 Å². The molecule has 0 bridgehead atoms. The highest BCUT2D eigenvalue weighted by molar-refractivity contribution is 14.0. The van der Waals surface area contributed by atoms with Crippen molar-refractivity contribution in [3.05, 3.63) is 28.2 Å². The SMILES string of the molecule is CN=C(NCc1cc(Br)ccc1OC(F)F)NCC1CCCO1.I. The molecule has 2 N–H and O–H groups in total. The lowest BCUT2D eigenvalue weighted by Gasteiger charge is -2.16. The number of alkyl halides is 2. The molecule has 0 spiro atoms. The minimum Gasteiger partial charge on any atom is -0.434 e. The highest BCUT2D eigenvalue weighted by atomic mass is 127. The summed E-state index contributed by atoms with van der Waals surface area (Å²) in [5, 5.41) is 6.26. The van der Waals surface area contributed by atoms with Gasteiger partial charge in [0.15, 0.2) is 5.96 Å². The second-order valence-electron chi connectivity index (χ2n) is 5.07. The molecule has 0 aromatic heterocycles. The van der Waals surface area contributed by atoms with Crippen molar-refractivity contribution in [2.45, 2.75) is 32.1 Å². The van der Waals surface area contributed by atoms with Gasteiger partial charge in [-0.2, -0.15) is 8.78 Å². The minimum absolute atomic E-state index is 0. The molecule has 1 aromatic rings. The van der Waals surface area contributed by atoms with Crippen LogP contribution in [0.2, 0.25) is 0 Å². The zero-order valence-corrected chi connectivity index (χ0v) is 17.1. The van der Waals surface area contributed by atoms with E-state index in [9.17, 15) is 8.78 Å². The van der Waals surface area contributed by atoms with Crippen molar-refractivity contribution in [1.29, 1.82) is 0 Å². The quantitative estimate of drug-likeness (QED) is 0.343. The normalized spacial score (nSPS) is 17.5. The van der Waals surface area contributed by atoms with E-state index in [2.05, 4.69) is 36.3 Å². The van der Waals surface area contributed by atoms with E-state index >= 15 is 0 Å². The van der Waals surface area contributed by atoms with Crippen molar-refractivity contribution < 1.29 is 18.3 Å². The molecule has 0 radical (unpaired) electrons. The van der Waals surface area contributed by atoms with Gasteiger partial charge in [-0.15, -0.1) is 24.0 Å². The van der Waals surface area contributed by atoms with Crippen LogP contribution in [-0.4, -0.2) is 38.9 Å². The smallest absolute Gasteiger partial charge is 0.387 e. The Bertz CT molecular complexity index is 543. The summed E-state index contributed by atoms with van der Waals surface area (Å²) in [4.78, 5) is 4.12. The van der Waals surface area contributed by atoms with E-state index in [-0.39, 0.29) is 35.8 Å². The summed E-state index contributed by atoms with van der Waals surface area (Å²) in [6.45, 7) is -1.08. The number of hydrogen-bond acceptors (Lipinski definition) is 3. The molecule has 1 saturated heterocycles. The molecule has 136 valence electrons. The molecule has 0 amide bonds. The van der Waals surface area contributed by atoms with E-state index in [4.69, 9.17) is 4.74 Å². The maximum absolute atomic E-state index is 12.5. The van der Waals surface area contributed by atoms with Gasteiger partial charge in [-0.1, -0.05) is 15.9 Å². The lowest BCUT2D eigenvalue weighted by molar-refractivity contribution is -0.0504. The molecule has 1 atom stereocenters. The van der Waals surface area contributed by atoms with E-state index in [1.54, 1.807) is 19.2 Å². The number of aliphatic imine (C=N–C) groups is 1. The van der Waals surface area contributed by atoms with E-state index in [0.717, 1.165) is 23.9 Å². The maximum Gasteiger partial charge on any atom is 0.387 e. The summed E-state index contributed by atoms with van der Waals surface area (Å²) < 4.78 is 35.8. The Morgan fingerprint density at radius 3 is 2.88 bits per heavy atom. The van der Waals surface area contributed by atoms with Gasteiger partial charge < -0.3 is 20.1 Å². The van der Waals surface area contributed by atoms with Gasteiger partial charge in [0.25, 0.3) is 0 Å². The Morgan fingerprint density at radius 1 is 1.46 bits per heavy atom. The molecule has 24 heavy (non-hydrogen) atoms. The van der Waals surface area contributed by atoms with E-state index < -0.39 is 6.61 Å². The van der Waals surface area contributed by atoms with Crippen LogP contribution in [0.5, 0.6) is 5.75 Å². The van der Waals surface area contributed by atoms with Crippen molar-refractivity contribution >= 4 is 45.9 Å². The molecular weight excluding hydrogens is 499 g/mol. The number of hydrogen-bond donors (Lipinski definition) is 2. The van der Waals surface area contributed by atoms with Crippen molar-refractivity contribution in [2.75, 3.05) is 20.2 Å². The Labute approximate surface area is 165 Å². The number of guanidine groups is 1. The fraction of sp³-hybridized carbons (Fsp3) is 0.533. The number of nitrogens with one attached hydrogen (secondary N) is 2. The van der Waals surface area contributed by atoms with Gasteiger partial charge in [-0.3, -0.25) is 4.99 Å². The molecule has 1 heterocycles. The molecule has 1 aromatic carbocycles. The summed E-state index contributed by atoms with van der Waals surface area (Å²) in [6, 6.07) is 4.90. The van der Waals surface area contributed by atoms with Gasteiger partial charge in [-0.05, 0) is 31.0 Å². The first-order valence-corrected chi connectivity index (χ1v) is 8.17. The number of rotatable bonds is 6. The molecule has 1 aliphatic heterocycles. The van der Waals surface area contributed by atoms with Gasteiger partial charge in [0.05, 0.1) is 6.10 Å². The summed E-state index contributed by atoms with van der Waals surface area (Å²) in [5.74, 6) is 0.730. The van der Waals surface area contributed by atoms with Crippen molar-refractivity contribution in [2.24, 2.45) is 4.99 Å². The zero-order valence-electron chi connectivity index (χ0n) is 13.2. The van der Waals surface area contributed by atoms with Crippen LogP contribution in [0.25, 0.3) is 0 Å². The van der Waals surface area contributed by atoms with Gasteiger partial charge >= 0.3 is 6.61 Å². The van der Waals surface area contributed by atoms with Crippen molar-refractivity contribution in [3.8, 4) is 5.75 Å². The van der Waals surface area contributed by atoms with Gasteiger partial charge in [0, 0.05) is 36.8 Å². The Balaban J connectivity index is 0.00000288. The summed E-state index contributed by atoms with van der Waals surface area (Å²) in [7, 11) is 1.66. The van der Waals surface area contributed by atoms with Gasteiger partial charge in [0.1, 0.15) is 5.75 Å². The van der Waals surface area contributed by atoms with Gasteiger partial charge in [-0.25, -0.2) is 0 Å².